The van der Waals surface area contributed by atoms with E-state index in [9.17, 15) is 4.39 Å². The number of likely N-dealkylation sites (N-methyl/N-ethyl adjacent to an activating group) is 1. The summed E-state index contributed by atoms with van der Waals surface area (Å²) >= 11 is 0. The van der Waals surface area contributed by atoms with Crippen LogP contribution in [0.5, 0.6) is 0 Å². The van der Waals surface area contributed by atoms with E-state index in [1.807, 2.05) is 20.8 Å². The molecule has 0 aliphatic rings. The molecule has 4 heteroatoms. The van der Waals surface area contributed by atoms with Gasteiger partial charge in [-0.05, 0) is 26.0 Å². The summed E-state index contributed by atoms with van der Waals surface area (Å²) in [6, 6.07) is 1.53. The van der Waals surface area contributed by atoms with E-state index in [0.717, 1.165) is 13.0 Å². The van der Waals surface area contributed by atoms with Gasteiger partial charge in [0.15, 0.2) is 0 Å². The van der Waals surface area contributed by atoms with E-state index < -0.39 is 5.60 Å². The van der Waals surface area contributed by atoms with Crippen LogP contribution in [0.1, 0.15) is 38.8 Å². The van der Waals surface area contributed by atoms with Gasteiger partial charge in [0, 0.05) is 18.9 Å². The molecule has 0 aliphatic heterocycles. The molecule has 1 aromatic heterocycles. The first-order valence-corrected chi connectivity index (χ1v) is 5.97. The Morgan fingerprint density at radius 3 is 2.71 bits per heavy atom. The molecule has 0 aromatic carbocycles. The van der Waals surface area contributed by atoms with Crippen molar-refractivity contribution < 1.29 is 9.13 Å². The number of aromatic nitrogens is 1. The Hall–Kier alpha value is -1.00. The molecule has 0 aliphatic carbocycles. The van der Waals surface area contributed by atoms with Crippen molar-refractivity contribution in [3.63, 3.8) is 0 Å². The molecule has 0 amide bonds. The molecule has 2 atom stereocenters. The Morgan fingerprint density at radius 2 is 2.24 bits per heavy atom. The fraction of sp³-hybridized carbons (Fsp3) is 0.615. The van der Waals surface area contributed by atoms with Crippen LogP contribution in [0.4, 0.5) is 4.39 Å². The van der Waals surface area contributed by atoms with Crippen molar-refractivity contribution in [2.75, 3.05) is 13.7 Å². The van der Waals surface area contributed by atoms with Crippen LogP contribution in [-0.4, -0.2) is 24.2 Å². The zero-order chi connectivity index (χ0) is 12.9. The summed E-state index contributed by atoms with van der Waals surface area (Å²) in [7, 11) is 1.66. The van der Waals surface area contributed by atoms with Gasteiger partial charge >= 0.3 is 0 Å². The fourth-order valence-corrected chi connectivity index (χ4v) is 1.95. The highest BCUT2D eigenvalue weighted by molar-refractivity contribution is 5.21. The third kappa shape index (κ3) is 3.01. The maximum absolute atomic E-state index is 13.8. The Balaban J connectivity index is 3.13. The Labute approximate surface area is 102 Å². The molecule has 1 rings (SSSR count). The lowest BCUT2D eigenvalue weighted by atomic mass is 9.87. The van der Waals surface area contributed by atoms with Gasteiger partial charge in [0.25, 0.3) is 0 Å². The van der Waals surface area contributed by atoms with Gasteiger partial charge < -0.3 is 10.1 Å². The van der Waals surface area contributed by atoms with Gasteiger partial charge in [0.2, 0.25) is 0 Å². The highest BCUT2D eigenvalue weighted by Gasteiger charge is 2.34. The number of nitrogens with one attached hydrogen (secondary N) is 1. The maximum Gasteiger partial charge on any atom is 0.146 e. The Morgan fingerprint density at radius 1 is 1.53 bits per heavy atom. The summed E-state index contributed by atoms with van der Waals surface area (Å²) in [5, 5.41) is 3.29. The van der Waals surface area contributed by atoms with Crippen molar-refractivity contribution in [1.29, 1.82) is 0 Å². The molecule has 17 heavy (non-hydrogen) atoms. The molecule has 0 spiro atoms. The predicted molar refractivity (Wildman–Crippen MR) is 66.3 cm³/mol. The normalized spacial score (nSPS) is 16.5. The Kier molecular flexibility index (Phi) is 5.02. The highest BCUT2D eigenvalue weighted by Crippen LogP contribution is 2.32. The number of halogens is 1. The highest BCUT2D eigenvalue weighted by atomic mass is 19.1. The van der Waals surface area contributed by atoms with E-state index in [2.05, 4.69) is 10.3 Å². The van der Waals surface area contributed by atoms with Crippen LogP contribution in [0.2, 0.25) is 0 Å². The van der Waals surface area contributed by atoms with Crippen molar-refractivity contribution in [2.24, 2.45) is 0 Å². The number of hydrogen-bond donors (Lipinski definition) is 1. The molecule has 0 radical (unpaired) electrons. The zero-order valence-corrected chi connectivity index (χ0v) is 11.0. The molecule has 0 saturated heterocycles. The maximum atomic E-state index is 13.8. The van der Waals surface area contributed by atoms with E-state index in [0.29, 0.717) is 5.56 Å². The van der Waals surface area contributed by atoms with Crippen LogP contribution < -0.4 is 5.32 Å². The SMILES string of the molecule is CCNC(c1ccncc1F)C(C)(CC)OC. The van der Waals surface area contributed by atoms with Gasteiger partial charge in [0.05, 0.1) is 17.8 Å². The molecule has 1 N–H and O–H groups in total. The van der Waals surface area contributed by atoms with Crippen LogP contribution in [0.15, 0.2) is 18.5 Å². The quantitative estimate of drug-likeness (QED) is 0.830. The Bertz CT molecular complexity index is 353. The molecule has 0 fully saturated rings. The summed E-state index contributed by atoms with van der Waals surface area (Å²) in [6.07, 6.45) is 3.64. The topological polar surface area (TPSA) is 34.2 Å². The number of ether oxygens (including phenoxy) is 1. The number of hydrogen-bond acceptors (Lipinski definition) is 3. The number of nitrogens with zero attached hydrogens (tertiary/aromatic N) is 1. The number of rotatable bonds is 6. The van der Waals surface area contributed by atoms with Gasteiger partial charge in [-0.1, -0.05) is 13.8 Å². The lowest BCUT2D eigenvalue weighted by Crippen LogP contribution is -2.43. The van der Waals surface area contributed by atoms with Crippen LogP contribution in [-0.2, 0) is 4.74 Å². The van der Waals surface area contributed by atoms with E-state index in [1.54, 1.807) is 19.4 Å². The van der Waals surface area contributed by atoms with Crippen LogP contribution in [0, 0.1) is 5.82 Å². The minimum absolute atomic E-state index is 0.175. The lowest BCUT2D eigenvalue weighted by Gasteiger charge is -2.36. The summed E-state index contributed by atoms with van der Waals surface area (Å²) in [5.74, 6) is -0.296. The summed E-state index contributed by atoms with van der Waals surface area (Å²) in [6.45, 7) is 6.77. The largest absolute Gasteiger partial charge is 0.377 e. The first kappa shape index (κ1) is 14.1. The van der Waals surface area contributed by atoms with Gasteiger partial charge in [-0.3, -0.25) is 4.98 Å². The number of pyridine rings is 1. The molecule has 0 saturated carbocycles. The molecule has 1 aromatic rings. The van der Waals surface area contributed by atoms with E-state index in [1.165, 1.54) is 6.20 Å². The second-order valence-electron chi connectivity index (χ2n) is 4.26. The molecule has 96 valence electrons. The minimum atomic E-state index is -0.432. The van der Waals surface area contributed by atoms with Crippen LogP contribution in [0.25, 0.3) is 0 Å². The minimum Gasteiger partial charge on any atom is -0.377 e. The summed E-state index contributed by atoms with van der Waals surface area (Å²) < 4.78 is 19.4. The van der Waals surface area contributed by atoms with E-state index >= 15 is 0 Å². The average Bonchev–Trinajstić information content (AvgIpc) is 2.36. The second kappa shape index (κ2) is 6.07. The summed E-state index contributed by atoms with van der Waals surface area (Å²) in [5.41, 5.74) is 0.172. The predicted octanol–water partition coefficient (Wildman–Crippen LogP) is 2.69. The van der Waals surface area contributed by atoms with Gasteiger partial charge in [-0.2, -0.15) is 0 Å². The van der Waals surface area contributed by atoms with Crippen molar-refractivity contribution in [2.45, 2.75) is 38.8 Å². The monoisotopic (exact) mass is 240 g/mol. The van der Waals surface area contributed by atoms with Gasteiger partial charge in [0.1, 0.15) is 5.82 Å². The van der Waals surface area contributed by atoms with Crippen LogP contribution >= 0.6 is 0 Å². The molecule has 2 unspecified atom stereocenters. The lowest BCUT2D eigenvalue weighted by molar-refractivity contribution is -0.0304. The van der Waals surface area contributed by atoms with Crippen molar-refractivity contribution >= 4 is 0 Å². The number of methoxy groups -OCH3 is 1. The third-order valence-electron chi connectivity index (χ3n) is 3.30. The molecule has 0 bridgehead atoms. The average molecular weight is 240 g/mol. The first-order chi connectivity index (χ1) is 8.09. The molecule has 1 heterocycles. The standard InChI is InChI=1S/C13H21FN2O/c1-5-13(3,17-4)12(16-6-2)10-7-8-15-9-11(10)14/h7-9,12,16H,5-6H2,1-4H3. The van der Waals surface area contributed by atoms with Gasteiger partial charge in [-0.25, -0.2) is 4.39 Å². The van der Waals surface area contributed by atoms with Crippen molar-refractivity contribution in [3.05, 3.63) is 29.8 Å². The zero-order valence-electron chi connectivity index (χ0n) is 11.0. The second-order valence-corrected chi connectivity index (χ2v) is 4.26. The van der Waals surface area contributed by atoms with Crippen LogP contribution in [0.3, 0.4) is 0 Å². The molecular formula is C13H21FN2O. The van der Waals surface area contributed by atoms with E-state index in [-0.39, 0.29) is 11.9 Å². The first-order valence-electron chi connectivity index (χ1n) is 5.97. The smallest absolute Gasteiger partial charge is 0.146 e. The molecule has 3 nitrogen and oxygen atoms in total. The van der Waals surface area contributed by atoms with Crippen molar-refractivity contribution in [3.8, 4) is 0 Å². The molecular weight excluding hydrogens is 219 g/mol. The third-order valence-corrected chi connectivity index (χ3v) is 3.30. The van der Waals surface area contributed by atoms with Crippen molar-refractivity contribution in [1.82, 2.24) is 10.3 Å². The van der Waals surface area contributed by atoms with E-state index in [4.69, 9.17) is 4.74 Å². The fourth-order valence-electron chi connectivity index (χ4n) is 1.95. The van der Waals surface area contributed by atoms with Gasteiger partial charge in [-0.15, -0.1) is 0 Å². The summed E-state index contributed by atoms with van der Waals surface area (Å²) in [4.78, 5) is 3.78.